The molecule has 40 heavy (non-hydrogen) atoms. The van der Waals surface area contributed by atoms with E-state index in [9.17, 15) is 31.5 Å². The lowest BCUT2D eigenvalue weighted by Gasteiger charge is -2.29. The lowest BCUT2D eigenvalue weighted by atomic mass is 9.92. The number of amides is 2. The van der Waals surface area contributed by atoms with Crippen LogP contribution in [-0.2, 0) is 6.18 Å². The van der Waals surface area contributed by atoms with E-state index in [1.54, 1.807) is 6.07 Å². The number of nitrogens with two attached hydrogens (primary N) is 1. The van der Waals surface area contributed by atoms with Crippen molar-refractivity contribution in [1.82, 2.24) is 24.5 Å². The van der Waals surface area contributed by atoms with Crippen molar-refractivity contribution in [2.75, 3.05) is 6.61 Å². The Morgan fingerprint density at radius 3 is 2.45 bits per heavy atom. The molecule has 10 nitrogen and oxygen atoms in total. The van der Waals surface area contributed by atoms with Crippen molar-refractivity contribution in [1.29, 1.82) is 0 Å². The first-order valence-corrected chi connectivity index (χ1v) is 12.2. The highest BCUT2D eigenvalue weighted by molar-refractivity contribution is 6.02. The van der Waals surface area contributed by atoms with Crippen LogP contribution in [0.25, 0.3) is 11.0 Å². The van der Waals surface area contributed by atoms with E-state index in [1.165, 1.54) is 23.0 Å². The smallest absolute Gasteiger partial charge is 0.417 e. The normalized spacial score (nSPS) is 17.9. The zero-order valence-electron chi connectivity index (χ0n) is 20.7. The number of fused-ring (bicyclic) bond motifs is 2. The standard InChI is InChI=1S/C25H23F5N6O4/c26-20(27)12-39-16-6-8-18-17(9-32-35(18)11-16)23(38)33-14-2-4-15(5-3-14)40-24-21(22(31)37)19-7-1-13(25(28,29)30)10-36(19)34-24/h1,6-11,14-15,20H,2-5,12H2,(H2,31,37)(H,33,38). The summed E-state index contributed by atoms with van der Waals surface area (Å²) >= 11 is 0. The van der Waals surface area contributed by atoms with Crippen LogP contribution >= 0.6 is 0 Å². The number of ether oxygens (including phenoxy) is 2. The number of rotatable bonds is 8. The van der Waals surface area contributed by atoms with E-state index in [0.717, 1.165) is 22.8 Å². The Morgan fingerprint density at radius 2 is 1.77 bits per heavy atom. The van der Waals surface area contributed by atoms with Gasteiger partial charge in [-0.25, -0.2) is 17.8 Å². The lowest BCUT2D eigenvalue weighted by Crippen LogP contribution is -2.39. The molecule has 1 saturated carbocycles. The first kappa shape index (κ1) is 27.1. The third-order valence-electron chi connectivity index (χ3n) is 6.57. The number of nitrogens with one attached hydrogen (secondary N) is 1. The molecule has 2 amide bonds. The minimum absolute atomic E-state index is 0.0950. The minimum atomic E-state index is -4.59. The van der Waals surface area contributed by atoms with Gasteiger partial charge in [0.05, 0.1) is 34.6 Å². The van der Waals surface area contributed by atoms with Crippen molar-refractivity contribution < 1.29 is 41.0 Å². The van der Waals surface area contributed by atoms with Gasteiger partial charge in [-0.15, -0.1) is 5.10 Å². The summed E-state index contributed by atoms with van der Waals surface area (Å²) < 4.78 is 77.2. The number of carbonyl (C=O) groups is 2. The number of hydrogen-bond acceptors (Lipinski definition) is 6. The Hall–Kier alpha value is -4.43. The number of pyridine rings is 2. The number of primary amides is 1. The van der Waals surface area contributed by atoms with Gasteiger partial charge in [0.25, 0.3) is 18.2 Å². The molecule has 5 rings (SSSR count). The van der Waals surface area contributed by atoms with Gasteiger partial charge in [-0.2, -0.15) is 18.3 Å². The van der Waals surface area contributed by atoms with Crippen LogP contribution in [0.4, 0.5) is 22.0 Å². The van der Waals surface area contributed by atoms with Crippen molar-refractivity contribution in [2.24, 2.45) is 5.73 Å². The van der Waals surface area contributed by atoms with Crippen LogP contribution in [0.5, 0.6) is 11.6 Å². The predicted octanol–water partition coefficient (Wildman–Crippen LogP) is 3.86. The summed E-state index contributed by atoms with van der Waals surface area (Å²) in [5.41, 5.74) is 5.28. The molecule has 0 saturated heterocycles. The Morgan fingerprint density at radius 1 is 1.05 bits per heavy atom. The van der Waals surface area contributed by atoms with Crippen molar-refractivity contribution in [2.45, 2.75) is 50.4 Å². The van der Waals surface area contributed by atoms with Gasteiger partial charge in [0.15, 0.2) is 0 Å². The molecule has 1 aliphatic carbocycles. The van der Waals surface area contributed by atoms with Gasteiger partial charge in [-0.3, -0.25) is 9.59 Å². The van der Waals surface area contributed by atoms with Crippen molar-refractivity contribution in [3.05, 3.63) is 59.5 Å². The van der Waals surface area contributed by atoms with Crippen molar-refractivity contribution in [3.63, 3.8) is 0 Å². The molecular formula is C25H23F5N6O4. The largest absolute Gasteiger partial charge is 0.486 e. The molecule has 0 radical (unpaired) electrons. The summed E-state index contributed by atoms with van der Waals surface area (Å²) in [4.78, 5) is 25.0. The average Bonchev–Trinajstić information content (AvgIpc) is 3.48. The van der Waals surface area contributed by atoms with Crippen LogP contribution in [0, 0.1) is 0 Å². The van der Waals surface area contributed by atoms with E-state index in [2.05, 4.69) is 15.5 Å². The van der Waals surface area contributed by atoms with Crippen LogP contribution in [0.15, 0.2) is 42.9 Å². The van der Waals surface area contributed by atoms with Gasteiger partial charge in [0, 0.05) is 12.2 Å². The highest BCUT2D eigenvalue weighted by Gasteiger charge is 2.33. The van der Waals surface area contributed by atoms with Gasteiger partial charge in [-0.05, 0) is 49.9 Å². The summed E-state index contributed by atoms with van der Waals surface area (Å²) in [7, 11) is 0. The van der Waals surface area contributed by atoms with E-state index >= 15 is 0 Å². The van der Waals surface area contributed by atoms with Gasteiger partial charge in [0.1, 0.15) is 24.0 Å². The molecule has 3 N–H and O–H groups in total. The van der Waals surface area contributed by atoms with E-state index in [4.69, 9.17) is 15.2 Å². The second-order valence-corrected chi connectivity index (χ2v) is 9.31. The molecule has 4 aromatic rings. The summed E-state index contributed by atoms with van der Waals surface area (Å²) in [5.74, 6) is -1.21. The predicted molar refractivity (Wildman–Crippen MR) is 130 cm³/mol. The zero-order chi connectivity index (χ0) is 28.6. The monoisotopic (exact) mass is 566 g/mol. The van der Waals surface area contributed by atoms with Crippen LogP contribution < -0.4 is 20.5 Å². The van der Waals surface area contributed by atoms with Gasteiger partial charge in [-0.1, -0.05) is 0 Å². The number of nitrogens with zero attached hydrogens (tertiary/aromatic N) is 4. The molecule has 212 valence electrons. The third-order valence-corrected chi connectivity index (χ3v) is 6.57. The fraction of sp³-hybridized carbons (Fsp3) is 0.360. The summed E-state index contributed by atoms with van der Waals surface area (Å²) in [6.45, 7) is -0.757. The number of hydrogen-bond donors (Lipinski definition) is 2. The second kappa shape index (κ2) is 10.6. The fourth-order valence-corrected chi connectivity index (χ4v) is 4.64. The number of aromatic nitrogens is 4. The van der Waals surface area contributed by atoms with E-state index in [1.807, 2.05) is 0 Å². The Balaban J connectivity index is 1.21. The highest BCUT2D eigenvalue weighted by Crippen LogP contribution is 2.32. The molecule has 0 aliphatic heterocycles. The maximum Gasteiger partial charge on any atom is 0.417 e. The van der Waals surface area contributed by atoms with Crippen LogP contribution in [-0.4, -0.2) is 56.2 Å². The number of halogens is 5. The molecule has 0 spiro atoms. The van der Waals surface area contributed by atoms with Gasteiger partial charge in [0.2, 0.25) is 5.88 Å². The number of alkyl halides is 5. The highest BCUT2D eigenvalue weighted by atomic mass is 19.4. The molecule has 0 unspecified atom stereocenters. The Kier molecular flexibility index (Phi) is 7.21. The molecule has 0 aromatic carbocycles. The molecular weight excluding hydrogens is 543 g/mol. The SMILES string of the molecule is NC(=O)c1c(OC2CCC(NC(=O)c3cnn4cc(OCC(F)F)ccc34)CC2)nn2cc(C(F)(F)F)ccc12. The topological polar surface area (TPSA) is 125 Å². The van der Waals surface area contributed by atoms with Crippen LogP contribution in [0.3, 0.4) is 0 Å². The molecule has 15 heteroatoms. The molecule has 0 atom stereocenters. The molecule has 1 aliphatic rings. The van der Waals surface area contributed by atoms with Crippen LogP contribution in [0.1, 0.15) is 52.0 Å². The Bertz CT molecular complexity index is 1560. The second-order valence-electron chi connectivity index (χ2n) is 9.31. The van der Waals surface area contributed by atoms with Crippen molar-refractivity contribution in [3.8, 4) is 11.6 Å². The maximum atomic E-state index is 13.1. The summed E-state index contributed by atoms with van der Waals surface area (Å²) in [6.07, 6.45) is -2.07. The van der Waals surface area contributed by atoms with E-state index in [0.29, 0.717) is 36.8 Å². The molecule has 4 aromatic heterocycles. The third kappa shape index (κ3) is 5.62. The fourth-order valence-electron chi connectivity index (χ4n) is 4.64. The van der Waals surface area contributed by atoms with Gasteiger partial charge >= 0.3 is 6.18 Å². The van der Waals surface area contributed by atoms with Crippen LogP contribution in [0.2, 0.25) is 0 Å². The zero-order valence-corrected chi connectivity index (χ0v) is 20.7. The maximum absolute atomic E-state index is 13.1. The summed E-state index contributed by atoms with van der Waals surface area (Å²) in [6, 6.07) is 4.79. The lowest BCUT2D eigenvalue weighted by molar-refractivity contribution is -0.137. The molecule has 1 fully saturated rings. The first-order valence-electron chi connectivity index (χ1n) is 12.2. The number of carbonyl (C=O) groups excluding carboxylic acids is 2. The van der Waals surface area contributed by atoms with Crippen molar-refractivity contribution >= 4 is 22.8 Å². The quantitative estimate of drug-likeness (QED) is 0.312. The minimum Gasteiger partial charge on any atom is -0.486 e. The molecule has 0 bridgehead atoms. The molecule has 4 heterocycles. The average molecular weight is 566 g/mol. The van der Waals surface area contributed by atoms with E-state index in [-0.39, 0.29) is 34.7 Å². The summed E-state index contributed by atoms with van der Waals surface area (Å²) in [5, 5.41) is 11.1. The van der Waals surface area contributed by atoms with E-state index < -0.39 is 36.8 Å². The van der Waals surface area contributed by atoms with Gasteiger partial charge < -0.3 is 20.5 Å². The Labute approximate surface area is 222 Å². The first-order chi connectivity index (χ1) is 19.0.